The molecule has 0 aliphatic carbocycles. The minimum atomic E-state index is 0.530. The standard InChI is InChI=1S/C18H25N3/c1-12-7-8-16(15-6-5-9-19-18(12)15)20-17-10-14(3)21(4)11-13(17)2/h5-9,13-14,17,20H,10-11H2,1-4H3. The molecule has 3 heteroatoms. The number of nitrogens with zero attached hydrogens (tertiary/aromatic N) is 2. The third-order valence-corrected chi connectivity index (χ3v) is 4.92. The normalized spacial score (nSPS) is 27.0. The van der Waals surface area contributed by atoms with Crippen LogP contribution < -0.4 is 5.32 Å². The van der Waals surface area contributed by atoms with Gasteiger partial charge in [-0.3, -0.25) is 4.98 Å². The average molecular weight is 283 g/mol. The highest BCUT2D eigenvalue weighted by molar-refractivity contribution is 5.93. The van der Waals surface area contributed by atoms with Gasteiger partial charge in [0.05, 0.1) is 5.52 Å². The molecule has 0 saturated carbocycles. The lowest BCUT2D eigenvalue weighted by molar-refractivity contribution is 0.146. The van der Waals surface area contributed by atoms with Crippen molar-refractivity contribution in [2.75, 3.05) is 18.9 Å². The van der Waals surface area contributed by atoms with E-state index in [1.54, 1.807) is 0 Å². The summed E-state index contributed by atoms with van der Waals surface area (Å²) in [4.78, 5) is 6.99. The number of hydrogen-bond donors (Lipinski definition) is 1. The third kappa shape index (κ3) is 2.75. The molecule has 2 aromatic rings. The molecule has 1 saturated heterocycles. The number of benzene rings is 1. The van der Waals surface area contributed by atoms with Crippen LogP contribution in [-0.4, -0.2) is 35.6 Å². The largest absolute Gasteiger partial charge is 0.381 e. The van der Waals surface area contributed by atoms with Crippen LogP contribution in [0.5, 0.6) is 0 Å². The first-order valence-corrected chi connectivity index (χ1v) is 7.87. The van der Waals surface area contributed by atoms with Crippen molar-refractivity contribution in [1.29, 1.82) is 0 Å². The molecular formula is C18H25N3. The van der Waals surface area contributed by atoms with Gasteiger partial charge in [-0.05, 0) is 57.0 Å². The van der Waals surface area contributed by atoms with Crippen molar-refractivity contribution >= 4 is 16.6 Å². The van der Waals surface area contributed by atoms with Crippen molar-refractivity contribution in [3.63, 3.8) is 0 Å². The zero-order chi connectivity index (χ0) is 15.0. The fourth-order valence-electron chi connectivity index (χ4n) is 3.38. The fraction of sp³-hybridized carbons (Fsp3) is 0.500. The molecule has 3 unspecified atom stereocenters. The predicted molar refractivity (Wildman–Crippen MR) is 89.8 cm³/mol. The number of aromatic nitrogens is 1. The number of likely N-dealkylation sites (tertiary alicyclic amines) is 1. The van der Waals surface area contributed by atoms with Crippen LogP contribution in [-0.2, 0) is 0 Å². The second-order valence-corrected chi connectivity index (χ2v) is 6.58. The Bertz CT molecular complexity index is 637. The summed E-state index contributed by atoms with van der Waals surface area (Å²) >= 11 is 0. The van der Waals surface area contributed by atoms with E-state index in [0.717, 1.165) is 12.1 Å². The monoisotopic (exact) mass is 283 g/mol. The van der Waals surface area contributed by atoms with E-state index >= 15 is 0 Å². The Kier molecular flexibility index (Phi) is 3.85. The van der Waals surface area contributed by atoms with Crippen molar-refractivity contribution in [1.82, 2.24) is 9.88 Å². The average Bonchev–Trinajstić information content (AvgIpc) is 2.48. The maximum Gasteiger partial charge on any atom is 0.0751 e. The Morgan fingerprint density at radius 3 is 2.86 bits per heavy atom. The molecule has 0 amide bonds. The van der Waals surface area contributed by atoms with Crippen LogP contribution in [0.25, 0.3) is 10.9 Å². The van der Waals surface area contributed by atoms with Crippen LogP contribution in [0.15, 0.2) is 30.5 Å². The number of anilines is 1. The molecule has 21 heavy (non-hydrogen) atoms. The van der Waals surface area contributed by atoms with E-state index in [-0.39, 0.29) is 0 Å². The summed E-state index contributed by atoms with van der Waals surface area (Å²) in [5.74, 6) is 0.652. The summed E-state index contributed by atoms with van der Waals surface area (Å²) in [6.07, 6.45) is 3.06. The topological polar surface area (TPSA) is 28.2 Å². The summed E-state index contributed by atoms with van der Waals surface area (Å²) < 4.78 is 0. The van der Waals surface area contributed by atoms with E-state index in [2.05, 4.69) is 61.2 Å². The van der Waals surface area contributed by atoms with Crippen LogP contribution in [0.2, 0.25) is 0 Å². The minimum absolute atomic E-state index is 0.530. The molecule has 3 nitrogen and oxygen atoms in total. The third-order valence-electron chi connectivity index (χ3n) is 4.92. The maximum atomic E-state index is 4.53. The summed E-state index contributed by atoms with van der Waals surface area (Å²) in [6, 6.07) is 9.72. The van der Waals surface area contributed by atoms with Gasteiger partial charge in [0.2, 0.25) is 0 Å². The van der Waals surface area contributed by atoms with Crippen molar-refractivity contribution < 1.29 is 0 Å². The minimum Gasteiger partial charge on any atom is -0.381 e. The Hall–Kier alpha value is -1.61. The van der Waals surface area contributed by atoms with Crippen molar-refractivity contribution in [2.45, 2.75) is 39.3 Å². The smallest absolute Gasteiger partial charge is 0.0751 e. The van der Waals surface area contributed by atoms with Gasteiger partial charge in [0.1, 0.15) is 0 Å². The molecule has 1 aliphatic heterocycles. The zero-order valence-corrected chi connectivity index (χ0v) is 13.4. The molecule has 1 aromatic heterocycles. The van der Waals surface area contributed by atoms with Crippen LogP contribution >= 0.6 is 0 Å². The molecule has 3 rings (SSSR count). The zero-order valence-electron chi connectivity index (χ0n) is 13.4. The van der Waals surface area contributed by atoms with E-state index in [9.17, 15) is 0 Å². The maximum absolute atomic E-state index is 4.53. The lowest BCUT2D eigenvalue weighted by Crippen LogP contribution is -2.48. The van der Waals surface area contributed by atoms with Crippen molar-refractivity contribution in [2.24, 2.45) is 5.92 Å². The summed E-state index contributed by atoms with van der Waals surface area (Å²) in [7, 11) is 2.22. The Balaban J connectivity index is 1.90. The van der Waals surface area contributed by atoms with Gasteiger partial charge in [-0.15, -0.1) is 0 Å². The van der Waals surface area contributed by atoms with E-state index in [0.29, 0.717) is 18.0 Å². The van der Waals surface area contributed by atoms with Crippen LogP contribution in [0.4, 0.5) is 5.69 Å². The van der Waals surface area contributed by atoms with E-state index in [4.69, 9.17) is 0 Å². The molecule has 0 radical (unpaired) electrons. The molecule has 1 aliphatic rings. The Morgan fingerprint density at radius 2 is 2.05 bits per heavy atom. The van der Waals surface area contributed by atoms with Crippen molar-refractivity contribution in [3.05, 3.63) is 36.0 Å². The number of pyridine rings is 1. The second-order valence-electron chi connectivity index (χ2n) is 6.58. The quantitative estimate of drug-likeness (QED) is 0.911. The number of fused-ring (bicyclic) bond motifs is 1. The summed E-state index contributed by atoms with van der Waals surface area (Å²) in [5.41, 5.74) is 3.56. The summed E-state index contributed by atoms with van der Waals surface area (Å²) in [5, 5.41) is 5.02. The van der Waals surface area contributed by atoms with Gasteiger partial charge in [0.15, 0.2) is 0 Å². The number of aryl methyl sites for hydroxylation is 1. The van der Waals surface area contributed by atoms with E-state index in [1.165, 1.54) is 23.1 Å². The van der Waals surface area contributed by atoms with Gasteiger partial charge < -0.3 is 10.2 Å². The van der Waals surface area contributed by atoms with Crippen molar-refractivity contribution in [3.8, 4) is 0 Å². The first-order valence-electron chi connectivity index (χ1n) is 7.87. The highest BCUT2D eigenvalue weighted by Crippen LogP contribution is 2.29. The van der Waals surface area contributed by atoms with Crippen LogP contribution in [0, 0.1) is 12.8 Å². The number of rotatable bonds is 2. The molecule has 2 heterocycles. The highest BCUT2D eigenvalue weighted by Gasteiger charge is 2.29. The lowest BCUT2D eigenvalue weighted by atomic mass is 9.89. The molecule has 1 N–H and O–H groups in total. The number of hydrogen-bond acceptors (Lipinski definition) is 3. The molecule has 1 fully saturated rings. The molecule has 0 spiro atoms. The van der Waals surface area contributed by atoms with E-state index in [1.807, 2.05) is 12.3 Å². The van der Waals surface area contributed by atoms with Gasteiger partial charge in [0, 0.05) is 35.9 Å². The predicted octanol–water partition coefficient (Wildman–Crippen LogP) is 3.68. The Labute approximate surface area is 127 Å². The SMILES string of the molecule is Cc1ccc(NC2CC(C)N(C)CC2C)c2cccnc12. The van der Waals surface area contributed by atoms with Crippen LogP contribution in [0.1, 0.15) is 25.8 Å². The number of nitrogens with one attached hydrogen (secondary N) is 1. The molecular weight excluding hydrogens is 258 g/mol. The Morgan fingerprint density at radius 1 is 1.24 bits per heavy atom. The van der Waals surface area contributed by atoms with Crippen LogP contribution in [0.3, 0.4) is 0 Å². The molecule has 0 bridgehead atoms. The molecule has 1 aromatic carbocycles. The van der Waals surface area contributed by atoms with Gasteiger partial charge in [-0.1, -0.05) is 13.0 Å². The second kappa shape index (κ2) is 5.64. The number of piperidine rings is 1. The van der Waals surface area contributed by atoms with Gasteiger partial charge in [-0.25, -0.2) is 0 Å². The van der Waals surface area contributed by atoms with Gasteiger partial charge in [-0.2, -0.15) is 0 Å². The highest BCUT2D eigenvalue weighted by atomic mass is 15.2. The molecule has 112 valence electrons. The van der Waals surface area contributed by atoms with Gasteiger partial charge >= 0.3 is 0 Å². The molecule has 3 atom stereocenters. The lowest BCUT2D eigenvalue weighted by Gasteiger charge is -2.40. The fourth-order valence-corrected chi connectivity index (χ4v) is 3.38. The van der Waals surface area contributed by atoms with E-state index < -0.39 is 0 Å². The summed E-state index contributed by atoms with van der Waals surface area (Å²) in [6.45, 7) is 7.93. The van der Waals surface area contributed by atoms with Gasteiger partial charge in [0.25, 0.3) is 0 Å². The first-order chi connectivity index (χ1) is 10.1. The first kappa shape index (κ1) is 14.3.